The highest BCUT2D eigenvalue weighted by molar-refractivity contribution is 5.81. The van der Waals surface area contributed by atoms with E-state index in [1.807, 2.05) is 34.6 Å². The molecule has 0 aliphatic rings. The molecule has 1 aromatic rings. The lowest BCUT2D eigenvalue weighted by atomic mass is 9.95. The van der Waals surface area contributed by atoms with Gasteiger partial charge in [0.1, 0.15) is 11.4 Å². The second-order valence-electron chi connectivity index (χ2n) is 5.31. The van der Waals surface area contributed by atoms with Crippen LogP contribution in [0.4, 0.5) is 0 Å². The summed E-state index contributed by atoms with van der Waals surface area (Å²) in [5.74, 6) is 1.11. The number of aldehydes is 1. The van der Waals surface area contributed by atoms with E-state index in [0.717, 1.165) is 0 Å². The Morgan fingerprint density at radius 2 is 1.72 bits per heavy atom. The molecular weight excluding hydrogens is 232 g/mol. The van der Waals surface area contributed by atoms with Gasteiger partial charge < -0.3 is 9.47 Å². The van der Waals surface area contributed by atoms with Crippen LogP contribution >= 0.6 is 0 Å². The molecule has 0 fully saturated rings. The van der Waals surface area contributed by atoms with Crippen molar-refractivity contribution >= 4 is 6.29 Å². The summed E-state index contributed by atoms with van der Waals surface area (Å²) in [6.45, 7) is 9.71. The minimum Gasteiger partial charge on any atom is -0.480 e. The molecule has 5 heteroatoms. The SMILES string of the molecule is COc1nc(C(C)(C)C)nc(OC(C)C)c1C=O. The second kappa shape index (κ2) is 5.33. The fourth-order valence-electron chi connectivity index (χ4n) is 1.33. The average Bonchev–Trinajstić information content (AvgIpc) is 2.25. The highest BCUT2D eigenvalue weighted by Crippen LogP contribution is 2.28. The van der Waals surface area contributed by atoms with E-state index in [4.69, 9.17) is 9.47 Å². The van der Waals surface area contributed by atoms with Gasteiger partial charge in [-0.1, -0.05) is 20.8 Å². The van der Waals surface area contributed by atoms with E-state index in [9.17, 15) is 4.79 Å². The van der Waals surface area contributed by atoms with E-state index in [1.54, 1.807) is 0 Å². The van der Waals surface area contributed by atoms with E-state index in [2.05, 4.69) is 9.97 Å². The summed E-state index contributed by atoms with van der Waals surface area (Å²) in [4.78, 5) is 19.7. The van der Waals surface area contributed by atoms with Crippen molar-refractivity contribution in [2.75, 3.05) is 7.11 Å². The van der Waals surface area contributed by atoms with Gasteiger partial charge in [-0.05, 0) is 13.8 Å². The molecule has 1 heterocycles. The first kappa shape index (κ1) is 14.4. The molecular formula is C13H20N2O3. The Bertz CT molecular complexity index is 437. The van der Waals surface area contributed by atoms with Crippen LogP contribution in [0.1, 0.15) is 50.8 Å². The van der Waals surface area contributed by atoms with Crippen molar-refractivity contribution in [3.8, 4) is 11.8 Å². The van der Waals surface area contributed by atoms with Gasteiger partial charge in [0.05, 0.1) is 13.2 Å². The summed E-state index contributed by atoms with van der Waals surface area (Å²) in [5.41, 5.74) is 0.00301. The highest BCUT2D eigenvalue weighted by Gasteiger charge is 2.24. The topological polar surface area (TPSA) is 61.3 Å². The predicted octanol–water partition coefficient (Wildman–Crippen LogP) is 2.38. The summed E-state index contributed by atoms with van der Waals surface area (Å²) in [7, 11) is 1.47. The summed E-state index contributed by atoms with van der Waals surface area (Å²) in [6.07, 6.45) is 0.583. The Labute approximate surface area is 108 Å². The van der Waals surface area contributed by atoms with E-state index in [0.29, 0.717) is 12.1 Å². The van der Waals surface area contributed by atoms with Crippen molar-refractivity contribution in [1.29, 1.82) is 0 Å². The van der Waals surface area contributed by atoms with Crippen molar-refractivity contribution in [2.24, 2.45) is 0 Å². The molecule has 1 aromatic heterocycles. The van der Waals surface area contributed by atoms with Gasteiger partial charge in [-0.25, -0.2) is 0 Å². The standard InChI is InChI=1S/C13H20N2O3/c1-8(2)18-11-9(7-16)10(17-6)14-12(15-11)13(3,4)5/h7-8H,1-6H3. The second-order valence-corrected chi connectivity index (χ2v) is 5.31. The van der Waals surface area contributed by atoms with Gasteiger partial charge in [0.2, 0.25) is 11.8 Å². The van der Waals surface area contributed by atoms with Crippen LogP contribution in [0.25, 0.3) is 0 Å². The van der Waals surface area contributed by atoms with Crippen LogP contribution in [0.3, 0.4) is 0 Å². The molecule has 0 bridgehead atoms. The molecule has 100 valence electrons. The van der Waals surface area contributed by atoms with Crippen LogP contribution in [-0.4, -0.2) is 29.5 Å². The summed E-state index contributed by atoms with van der Waals surface area (Å²) >= 11 is 0. The number of ether oxygens (including phenoxy) is 2. The van der Waals surface area contributed by atoms with Gasteiger partial charge in [0.15, 0.2) is 6.29 Å². The molecule has 5 nitrogen and oxygen atoms in total. The molecule has 0 aliphatic carbocycles. The zero-order chi connectivity index (χ0) is 13.9. The molecule has 0 spiro atoms. The molecule has 0 atom stereocenters. The lowest BCUT2D eigenvalue weighted by Crippen LogP contribution is -2.19. The Kier molecular flexibility index (Phi) is 4.27. The van der Waals surface area contributed by atoms with Crippen LogP contribution in [0, 0.1) is 0 Å². The minimum absolute atomic E-state index is 0.0730. The normalized spacial score (nSPS) is 11.5. The van der Waals surface area contributed by atoms with Crippen molar-refractivity contribution in [3.63, 3.8) is 0 Å². The lowest BCUT2D eigenvalue weighted by molar-refractivity contribution is 0.111. The molecule has 18 heavy (non-hydrogen) atoms. The van der Waals surface area contributed by atoms with Crippen LogP contribution in [0.2, 0.25) is 0 Å². The first-order valence-electron chi connectivity index (χ1n) is 5.88. The summed E-state index contributed by atoms with van der Waals surface area (Å²) in [5, 5.41) is 0. The fraction of sp³-hybridized carbons (Fsp3) is 0.615. The number of carbonyl (C=O) groups is 1. The third-order valence-corrected chi connectivity index (χ3v) is 2.21. The monoisotopic (exact) mass is 252 g/mol. The van der Waals surface area contributed by atoms with Gasteiger partial charge in [0.25, 0.3) is 0 Å². The minimum atomic E-state index is -0.246. The third-order valence-electron chi connectivity index (χ3n) is 2.21. The fourth-order valence-corrected chi connectivity index (χ4v) is 1.33. The average molecular weight is 252 g/mol. The maximum atomic E-state index is 11.1. The number of nitrogens with zero attached hydrogens (tertiary/aromatic N) is 2. The number of hydrogen-bond donors (Lipinski definition) is 0. The van der Waals surface area contributed by atoms with E-state index in [-0.39, 0.29) is 28.8 Å². The van der Waals surface area contributed by atoms with Crippen molar-refractivity contribution < 1.29 is 14.3 Å². The van der Waals surface area contributed by atoms with E-state index < -0.39 is 0 Å². The van der Waals surface area contributed by atoms with Crippen LogP contribution in [0.5, 0.6) is 11.8 Å². The predicted molar refractivity (Wildman–Crippen MR) is 68.4 cm³/mol. The van der Waals surface area contributed by atoms with E-state index in [1.165, 1.54) is 7.11 Å². The lowest BCUT2D eigenvalue weighted by Gasteiger charge is -2.20. The van der Waals surface area contributed by atoms with Crippen molar-refractivity contribution in [1.82, 2.24) is 9.97 Å². The van der Waals surface area contributed by atoms with Gasteiger partial charge in [-0.2, -0.15) is 9.97 Å². The molecule has 0 saturated heterocycles. The molecule has 0 radical (unpaired) electrons. The Morgan fingerprint density at radius 3 is 2.11 bits per heavy atom. The zero-order valence-corrected chi connectivity index (χ0v) is 11.8. The number of carbonyl (C=O) groups excluding carboxylic acids is 1. The Morgan fingerprint density at radius 1 is 1.17 bits per heavy atom. The maximum Gasteiger partial charge on any atom is 0.231 e. The van der Waals surface area contributed by atoms with Crippen molar-refractivity contribution in [2.45, 2.75) is 46.1 Å². The first-order chi connectivity index (χ1) is 8.29. The number of aromatic nitrogens is 2. The molecule has 0 N–H and O–H groups in total. The summed E-state index contributed by atoms with van der Waals surface area (Å²) in [6, 6.07) is 0. The Balaban J connectivity index is 3.40. The van der Waals surface area contributed by atoms with Crippen LogP contribution in [0.15, 0.2) is 0 Å². The van der Waals surface area contributed by atoms with Crippen LogP contribution < -0.4 is 9.47 Å². The molecule has 0 saturated carbocycles. The zero-order valence-electron chi connectivity index (χ0n) is 11.8. The highest BCUT2D eigenvalue weighted by atomic mass is 16.5. The van der Waals surface area contributed by atoms with Crippen LogP contribution in [-0.2, 0) is 5.41 Å². The molecule has 0 amide bonds. The Hall–Kier alpha value is -1.65. The molecule has 0 aromatic carbocycles. The largest absolute Gasteiger partial charge is 0.480 e. The molecule has 1 rings (SSSR count). The van der Waals surface area contributed by atoms with Crippen molar-refractivity contribution in [3.05, 3.63) is 11.4 Å². The maximum absolute atomic E-state index is 11.1. The van der Waals surface area contributed by atoms with Gasteiger partial charge in [0, 0.05) is 5.41 Å². The number of methoxy groups -OCH3 is 1. The van der Waals surface area contributed by atoms with Gasteiger partial charge in [-0.3, -0.25) is 4.79 Å². The molecule has 0 unspecified atom stereocenters. The summed E-state index contributed by atoms with van der Waals surface area (Å²) < 4.78 is 10.7. The smallest absolute Gasteiger partial charge is 0.231 e. The number of rotatable bonds is 4. The third kappa shape index (κ3) is 3.18. The van der Waals surface area contributed by atoms with Gasteiger partial charge >= 0.3 is 0 Å². The first-order valence-corrected chi connectivity index (χ1v) is 5.88. The van der Waals surface area contributed by atoms with E-state index >= 15 is 0 Å². The quantitative estimate of drug-likeness (QED) is 0.770. The molecule has 0 aliphatic heterocycles. The van der Waals surface area contributed by atoms with Gasteiger partial charge in [-0.15, -0.1) is 0 Å². The number of hydrogen-bond acceptors (Lipinski definition) is 5.